The maximum absolute atomic E-state index is 13.0. The number of amides is 2. The van der Waals surface area contributed by atoms with E-state index in [2.05, 4.69) is 5.32 Å². The van der Waals surface area contributed by atoms with Gasteiger partial charge in [0.1, 0.15) is 12.4 Å². The third-order valence-corrected chi connectivity index (χ3v) is 5.45. The average Bonchev–Trinajstić information content (AvgIpc) is 2.76. The van der Waals surface area contributed by atoms with Gasteiger partial charge in [-0.1, -0.05) is 23.8 Å². The summed E-state index contributed by atoms with van der Waals surface area (Å²) in [7, 11) is 1.59. The lowest BCUT2D eigenvalue weighted by molar-refractivity contribution is -0.139. The number of ketones is 1. The number of hydrogen-bond acceptors (Lipinski definition) is 5. The molecule has 32 heavy (non-hydrogen) atoms. The number of urea groups is 1. The molecule has 1 aliphatic heterocycles. The summed E-state index contributed by atoms with van der Waals surface area (Å²) in [5, 5.41) is 2.92. The lowest BCUT2D eigenvalue weighted by Gasteiger charge is -2.35. The molecule has 7 nitrogen and oxygen atoms in total. The van der Waals surface area contributed by atoms with E-state index in [0.717, 1.165) is 16.7 Å². The standard InChI is InChI=1S/C25H28N2O5/c1-6-31-24(29)22-21(14-32-19-11-9-18(10-12-19)17(4)28)27(5)25(30)26-23(22)20-13-15(2)7-8-16(20)3/h7-13,23H,6,14H2,1-5H3,(H,26,30). The van der Waals surface area contributed by atoms with Gasteiger partial charge < -0.3 is 14.8 Å². The molecule has 0 aliphatic carbocycles. The number of esters is 1. The Morgan fingerprint density at radius 1 is 1.09 bits per heavy atom. The maximum Gasteiger partial charge on any atom is 0.338 e. The highest BCUT2D eigenvalue weighted by atomic mass is 16.5. The molecule has 1 heterocycles. The van der Waals surface area contributed by atoms with Crippen LogP contribution in [-0.4, -0.2) is 42.9 Å². The summed E-state index contributed by atoms with van der Waals surface area (Å²) in [6.45, 7) is 7.33. The molecule has 0 saturated carbocycles. The van der Waals surface area contributed by atoms with E-state index in [1.54, 1.807) is 38.2 Å². The molecule has 2 amide bonds. The second-order valence-electron chi connectivity index (χ2n) is 7.75. The summed E-state index contributed by atoms with van der Waals surface area (Å²) >= 11 is 0. The molecule has 2 aromatic rings. The van der Waals surface area contributed by atoms with Gasteiger partial charge in [-0.25, -0.2) is 9.59 Å². The second kappa shape index (κ2) is 9.68. The number of likely N-dealkylation sites (N-methyl/N-ethyl adjacent to an activating group) is 1. The SMILES string of the molecule is CCOC(=O)C1=C(COc2ccc(C(C)=O)cc2)N(C)C(=O)NC1c1cc(C)ccc1C. The average molecular weight is 437 g/mol. The summed E-state index contributed by atoms with van der Waals surface area (Å²) < 4.78 is 11.2. The lowest BCUT2D eigenvalue weighted by Crippen LogP contribution is -2.48. The molecule has 0 bridgehead atoms. The van der Waals surface area contributed by atoms with E-state index in [1.807, 2.05) is 32.0 Å². The number of nitrogens with zero attached hydrogens (tertiary/aromatic N) is 1. The van der Waals surface area contributed by atoms with Crippen molar-refractivity contribution in [3.05, 3.63) is 76.0 Å². The first kappa shape index (κ1) is 23.1. The number of carbonyl (C=O) groups is 3. The highest BCUT2D eigenvalue weighted by Crippen LogP contribution is 2.33. The van der Waals surface area contributed by atoms with Crippen molar-refractivity contribution in [2.75, 3.05) is 20.3 Å². The Bertz CT molecular complexity index is 1070. The number of Topliss-reactive ketones (excluding diaryl/α,β-unsaturated/α-hetero) is 1. The molecule has 168 valence electrons. The van der Waals surface area contributed by atoms with Crippen molar-refractivity contribution >= 4 is 17.8 Å². The zero-order chi connectivity index (χ0) is 23.4. The van der Waals surface area contributed by atoms with Crippen LogP contribution < -0.4 is 10.1 Å². The third kappa shape index (κ3) is 4.82. The molecule has 3 rings (SSSR count). The Hall–Kier alpha value is -3.61. The van der Waals surface area contributed by atoms with Crippen LogP contribution in [0.5, 0.6) is 5.75 Å². The number of rotatable bonds is 7. The summed E-state index contributed by atoms with van der Waals surface area (Å²) in [5.41, 5.74) is 4.14. The molecule has 0 saturated heterocycles. The fourth-order valence-electron chi connectivity index (χ4n) is 3.62. The Morgan fingerprint density at radius 2 is 1.78 bits per heavy atom. The van der Waals surface area contributed by atoms with Crippen molar-refractivity contribution in [3.8, 4) is 5.75 Å². The number of aryl methyl sites for hydroxylation is 2. The number of nitrogens with one attached hydrogen (secondary N) is 1. The van der Waals surface area contributed by atoms with Crippen LogP contribution in [0.15, 0.2) is 53.7 Å². The van der Waals surface area contributed by atoms with E-state index in [1.165, 1.54) is 11.8 Å². The Morgan fingerprint density at radius 3 is 2.41 bits per heavy atom. The van der Waals surface area contributed by atoms with Crippen LogP contribution in [0.1, 0.15) is 46.9 Å². The molecule has 1 aliphatic rings. The van der Waals surface area contributed by atoms with Gasteiger partial charge in [0, 0.05) is 12.6 Å². The summed E-state index contributed by atoms with van der Waals surface area (Å²) in [5.74, 6) is -0.0203. The van der Waals surface area contributed by atoms with Gasteiger partial charge in [-0.2, -0.15) is 0 Å². The highest BCUT2D eigenvalue weighted by molar-refractivity contribution is 5.95. The summed E-state index contributed by atoms with van der Waals surface area (Å²) in [6, 6.07) is 11.6. The first-order valence-electron chi connectivity index (χ1n) is 10.5. The zero-order valence-corrected chi connectivity index (χ0v) is 19.0. The largest absolute Gasteiger partial charge is 0.487 e. The minimum absolute atomic E-state index is 0.0150. The van der Waals surface area contributed by atoms with Gasteiger partial charge in [-0.3, -0.25) is 9.69 Å². The monoisotopic (exact) mass is 436 g/mol. The number of carbonyl (C=O) groups excluding carboxylic acids is 3. The lowest BCUT2D eigenvalue weighted by atomic mass is 9.90. The number of hydrogen-bond donors (Lipinski definition) is 1. The molecule has 0 aromatic heterocycles. The van der Waals surface area contributed by atoms with Gasteiger partial charge >= 0.3 is 12.0 Å². The molecular formula is C25H28N2O5. The molecule has 1 atom stereocenters. The van der Waals surface area contributed by atoms with Gasteiger partial charge in [0.05, 0.1) is 23.9 Å². The van der Waals surface area contributed by atoms with E-state index < -0.39 is 12.0 Å². The summed E-state index contributed by atoms with van der Waals surface area (Å²) in [6.07, 6.45) is 0. The minimum atomic E-state index is -0.656. The van der Waals surface area contributed by atoms with Gasteiger partial charge in [-0.05, 0) is 63.1 Å². The fourth-order valence-corrected chi connectivity index (χ4v) is 3.62. The van der Waals surface area contributed by atoms with Gasteiger partial charge in [0.15, 0.2) is 5.78 Å². The van der Waals surface area contributed by atoms with Crippen molar-refractivity contribution in [3.63, 3.8) is 0 Å². The van der Waals surface area contributed by atoms with Crippen LogP contribution in [0.25, 0.3) is 0 Å². The van der Waals surface area contributed by atoms with Crippen LogP contribution in [0, 0.1) is 13.8 Å². The number of benzene rings is 2. The molecule has 0 fully saturated rings. The molecule has 0 radical (unpaired) electrons. The molecule has 2 aromatic carbocycles. The predicted octanol–water partition coefficient (Wildman–Crippen LogP) is 4.10. The predicted molar refractivity (Wildman–Crippen MR) is 121 cm³/mol. The van der Waals surface area contributed by atoms with Crippen LogP contribution in [0.3, 0.4) is 0 Å². The molecule has 7 heteroatoms. The molecule has 1 N–H and O–H groups in total. The topological polar surface area (TPSA) is 84.9 Å². The Balaban J connectivity index is 2.03. The van der Waals surface area contributed by atoms with E-state index in [0.29, 0.717) is 22.6 Å². The second-order valence-corrected chi connectivity index (χ2v) is 7.75. The van der Waals surface area contributed by atoms with Gasteiger partial charge in [-0.15, -0.1) is 0 Å². The van der Waals surface area contributed by atoms with Crippen molar-refractivity contribution in [2.45, 2.75) is 33.7 Å². The Kier molecular flexibility index (Phi) is 6.98. The van der Waals surface area contributed by atoms with Crippen LogP contribution in [0.4, 0.5) is 4.79 Å². The maximum atomic E-state index is 13.0. The van der Waals surface area contributed by atoms with Gasteiger partial charge in [0.25, 0.3) is 0 Å². The molecule has 0 spiro atoms. The molecular weight excluding hydrogens is 408 g/mol. The van der Waals surface area contributed by atoms with E-state index in [9.17, 15) is 14.4 Å². The first-order valence-corrected chi connectivity index (χ1v) is 10.5. The van der Waals surface area contributed by atoms with E-state index in [-0.39, 0.29) is 25.0 Å². The van der Waals surface area contributed by atoms with Crippen molar-refractivity contribution in [1.82, 2.24) is 10.2 Å². The van der Waals surface area contributed by atoms with Crippen molar-refractivity contribution < 1.29 is 23.9 Å². The first-order chi connectivity index (χ1) is 15.2. The van der Waals surface area contributed by atoms with Crippen LogP contribution in [0.2, 0.25) is 0 Å². The van der Waals surface area contributed by atoms with Crippen LogP contribution in [-0.2, 0) is 9.53 Å². The fraction of sp³-hybridized carbons (Fsp3) is 0.320. The van der Waals surface area contributed by atoms with Crippen molar-refractivity contribution in [2.24, 2.45) is 0 Å². The van der Waals surface area contributed by atoms with E-state index >= 15 is 0 Å². The van der Waals surface area contributed by atoms with Crippen LogP contribution >= 0.6 is 0 Å². The third-order valence-electron chi connectivity index (χ3n) is 5.45. The van der Waals surface area contributed by atoms with Gasteiger partial charge in [0.2, 0.25) is 0 Å². The number of ether oxygens (including phenoxy) is 2. The van der Waals surface area contributed by atoms with Crippen molar-refractivity contribution in [1.29, 1.82) is 0 Å². The van der Waals surface area contributed by atoms with E-state index in [4.69, 9.17) is 9.47 Å². The molecule has 1 unspecified atom stereocenters. The smallest absolute Gasteiger partial charge is 0.338 e. The quantitative estimate of drug-likeness (QED) is 0.522. The summed E-state index contributed by atoms with van der Waals surface area (Å²) in [4.78, 5) is 38.7. The normalized spacial score (nSPS) is 16.0. The zero-order valence-electron chi connectivity index (χ0n) is 19.0. The highest BCUT2D eigenvalue weighted by Gasteiger charge is 2.37. The Labute approximate surface area is 188 Å². The minimum Gasteiger partial charge on any atom is -0.487 e.